The van der Waals surface area contributed by atoms with Gasteiger partial charge in [0.15, 0.2) is 5.03 Å². The van der Waals surface area contributed by atoms with Crippen LogP contribution < -0.4 is 10.5 Å². The fraction of sp³-hybridized carbons (Fsp3) is 0.667. The maximum atomic E-state index is 11.9. The van der Waals surface area contributed by atoms with E-state index < -0.39 is 10.0 Å². The third-order valence-electron chi connectivity index (χ3n) is 2.49. The number of nitrogens with one attached hydrogen (secondary N) is 2. The van der Waals surface area contributed by atoms with Crippen LogP contribution >= 0.6 is 0 Å². The summed E-state index contributed by atoms with van der Waals surface area (Å²) in [7, 11) is -1.61. The van der Waals surface area contributed by atoms with Gasteiger partial charge in [-0.25, -0.2) is 13.1 Å². The lowest BCUT2D eigenvalue weighted by atomic mass is 10.4. The molecule has 1 aromatic heterocycles. The third kappa shape index (κ3) is 3.77. The zero-order chi connectivity index (χ0) is 12.9. The van der Waals surface area contributed by atoms with E-state index in [1.165, 1.54) is 6.20 Å². The fourth-order valence-corrected chi connectivity index (χ4v) is 2.44. The standard InChI is InChI=1S/C9H19N5O2S/c1-3-14(2)5-4-12-17(15,16)9-8(6-10)7-11-13-9/h7,12H,3-6,10H2,1-2H3,(H,11,13). The van der Waals surface area contributed by atoms with E-state index in [1.54, 1.807) is 0 Å². The highest BCUT2D eigenvalue weighted by molar-refractivity contribution is 7.89. The Kier molecular flexibility index (Phi) is 5.06. The normalized spacial score (nSPS) is 12.2. The Morgan fingerprint density at radius 2 is 2.29 bits per heavy atom. The molecule has 0 unspecified atom stereocenters. The van der Waals surface area contributed by atoms with Gasteiger partial charge in [-0.15, -0.1) is 0 Å². The van der Waals surface area contributed by atoms with Crippen molar-refractivity contribution >= 4 is 10.0 Å². The second-order valence-electron chi connectivity index (χ2n) is 3.72. The largest absolute Gasteiger partial charge is 0.326 e. The number of aromatic amines is 1. The molecule has 0 aliphatic carbocycles. The minimum Gasteiger partial charge on any atom is -0.326 e. The number of likely N-dealkylation sites (N-methyl/N-ethyl adjacent to an activating group) is 1. The molecule has 1 aromatic rings. The summed E-state index contributed by atoms with van der Waals surface area (Å²) >= 11 is 0. The molecule has 0 aromatic carbocycles. The Balaban J connectivity index is 2.63. The van der Waals surface area contributed by atoms with E-state index in [0.717, 1.165) is 6.54 Å². The highest BCUT2D eigenvalue weighted by Crippen LogP contribution is 2.10. The molecule has 0 saturated carbocycles. The first-order chi connectivity index (χ1) is 8.01. The van der Waals surface area contributed by atoms with E-state index in [9.17, 15) is 8.42 Å². The molecular weight excluding hydrogens is 242 g/mol. The minimum atomic E-state index is -3.54. The third-order valence-corrected chi connectivity index (χ3v) is 3.97. The molecule has 0 aliphatic rings. The van der Waals surface area contributed by atoms with Crippen molar-refractivity contribution in [3.8, 4) is 0 Å². The molecule has 1 heterocycles. The summed E-state index contributed by atoms with van der Waals surface area (Å²) < 4.78 is 26.3. The summed E-state index contributed by atoms with van der Waals surface area (Å²) in [6, 6.07) is 0. The molecular formula is C9H19N5O2S. The summed E-state index contributed by atoms with van der Waals surface area (Å²) in [4.78, 5) is 2.01. The molecule has 8 heteroatoms. The van der Waals surface area contributed by atoms with E-state index in [4.69, 9.17) is 5.73 Å². The molecule has 0 saturated heterocycles. The molecule has 0 aliphatic heterocycles. The van der Waals surface area contributed by atoms with Crippen LogP contribution in [0.15, 0.2) is 11.2 Å². The van der Waals surface area contributed by atoms with Crippen molar-refractivity contribution in [2.24, 2.45) is 5.73 Å². The second-order valence-corrected chi connectivity index (χ2v) is 5.43. The molecule has 0 spiro atoms. The number of sulfonamides is 1. The quantitative estimate of drug-likeness (QED) is 0.590. The maximum absolute atomic E-state index is 11.9. The van der Waals surface area contributed by atoms with Gasteiger partial charge < -0.3 is 10.6 Å². The zero-order valence-corrected chi connectivity index (χ0v) is 10.9. The van der Waals surface area contributed by atoms with Crippen molar-refractivity contribution in [2.75, 3.05) is 26.7 Å². The van der Waals surface area contributed by atoms with Crippen LogP contribution in [0.2, 0.25) is 0 Å². The highest BCUT2D eigenvalue weighted by atomic mass is 32.2. The first-order valence-electron chi connectivity index (χ1n) is 5.41. The topological polar surface area (TPSA) is 104 Å². The van der Waals surface area contributed by atoms with Gasteiger partial charge in [0.2, 0.25) is 0 Å². The first-order valence-corrected chi connectivity index (χ1v) is 6.90. The van der Waals surface area contributed by atoms with E-state index in [-0.39, 0.29) is 11.6 Å². The molecule has 98 valence electrons. The molecule has 7 nitrogen and oxygen atoms in total. The van der Waals surface area contributed by atoms with Gasteiger partial charge in [0.1, 0.15) is 0 Å². The zero-order valence-electron chi connectivity index (χ0n) is 10.1. The Morgan fingerprint density at radius 3 is 2.88 bits per heavy atom. The van der Waals surface area contributed by atoms with Gasteiger partial charge in [-0.05, 0) is 13.6 Å². The predicted octanol–water partition coefficient (Wildman–Crippen LogP) is -0.902. The smallest absolute Gasteiger partial charge is 0.257 e. The number of H-pyrrole nitrogens is 1. The summed E-state index contributed by atoms with van der Waals surface area (Å²) in [5, 5.41) is 6.19. The van der Waals surface area contributed by atoms with Gasteiger partial charge in [-0.2, -0.15) is 5.10 Å². The summed E-state index contributed by atoms with van der Waals surface area (Å²) in [5.74, 6) is 0. The van der Waals surface area contributed by atoms with Crippen molar-refractivity contribution in [1.82, 2.24) is 19.8 Å². The molecule has 4 N–H and O–H groups in total. The van der Waals surface area contributed by atoms with Gasteiger partial charge in [0.25, 0.3) is 10.0 Å². The Hall–Kier alpha value is -0.960. The van der Waals surface area contributed by atoms with Crippen LogP contribution in [0.5, 0.6) is 0 Å². The Labute approximate surface area is 101 Å². The Morgan fingerprint density at radius 1 is 1.59 bits per heavy atom. The van der Waals surface area contributed by atoms with Crippen molar-refractivity contribution < 1.29 is 8.42 Å². The van der Waals surface area contributed by atoms with Crippen LogP contribution in [0, 0.1) is 0 Å². The summed E-state index contributed by atoms with van der Waals surface area (Å²) in [6.07, 6.45) is 1.42. The van der Waals surface area contributed by atoms with Crippen molar-refractivity contribution in [1.29, 1.82) is 0 Å². The average Bonchev–Trinajstić information content (AvgIpc) is 2.77. The van der Waals surface area contributed by atoms with Crippen molar-refractivity contribution in [3.05, 3.63) is 11.8 Å². The van der Waals surface area contributed by atoms with Crippen molar-refractivity contribution in [3.63, 3.8) is 0 Å². The second kappa shape index (κ2) is 6.10. The lowest BCUT2D eigenvalue weighted by Gasteiger charge is -2.13. The molecule has 0 amide bonds. The van der Waals surface area contributed by atoms with E-state index in [2.05, 4.69) is 14.9 Å². The molecule has 17 heavy (non-hydrogen) atoms. The molecule has 0 bridgehead atoms. The fourth-order valence-electron chi connectivity index (χ4n) is 1.28. The van der Waals surface area contributed by atoms with Crippen LogP contribution in [0.25, 0.3) is 0 Å². The lowest BCUT2D eigenvalue weighted by Crippen LogP contribution is -2.33. The van der Waals surface area contributed by atoms with Crippen LogP contribution in [0.1, 0.15) is 12.5 Å². The van der Waals surface area contributed by atoms with Crippen LogP contribution in [-0.2, 0) is 16.6 Å². The number of hydrogen-bond donors (Lipinski definition) is 3. The summed E-state index contributed by atoms with van der Waals surface area (Å²) in [5.41, 5.74) is 5.92. The van der Waals surface area contributed by atoms with Gasteiger partial charge in [0, 0.05) is 25.2 Å². The number of nitrogens with zero attached hydrogens (tertiary/aromatic N) is 2. The van der Waals surface area contributed by atoms with E-state index in [1.807, 2.05) is 18.9 Å². The summed E-state index contributed by atoms with van der Waals surface area (Å²) in [6.45, 7) is 4.04. The lowest BCUT2D eigenvalue weighted by molar-refractivity contribution is 0.358. The van der Waals surface area contributed by atoms with Crippen LogP contribution in [0.4, 0.5) is 0 Å². The van der Waals surface area contributed by atoms with E-state index in [0.29, 0.717) is 18.7 Å². The number of rotatable bonds is 7. The molecule has 0 atom stereocenters. The maximum Gasteiger partial charge on any atom is 0.257 e. The number of hydrogen-bond acceptors (Lipinski definition) is 5. The number of aromatic nitrogens is 2. The highest BCUT2D eigenvalue weighted by Gasteiger charge is 2.19. The van der Waals surface area contributed by atoms with Crippen LogP contribution in [0.3, 0.4) is 0 Å². The monoisotopic (exact) mass is 261 g/mol. The SMILES string of the molecule is CCN(C)CCNS(=O)(=O)c1[nH]ncc1CN. The van der Waals surface area contributed by atoms with Crippen LogP contribution in [-0.4, -0.2) is 50.2 Å². The van der Waals surface area contributed by atoms with Gasteiger partial charge in [-0.3, -0.25) is 5.10 Å². The van der Waals surface area contributed by atoms with Gasteiger partial charge >= 0.3 is 0 Å². The number of nitrogens with two attached hydrogens (primary N) is 1. The van der Waals surface area contributed by atoms with Crippen molar-refractivity contribution in [2.45, 2.75) is 18.5 Å². The van der Waals surface area contributed by atoms with Gasteiger partial charge in [-0.1, -0.05) is 6.92 Å². The minimum absolute atomic E-state index is 0.0548. The first kappa shape index (κ1) is 14.1. The predicted molar refractivity (Wildman–Crippen MR) is 64.8 cm³/mol. The molecule has 1 rings (SSSR count). The van der Waals surface area contributed by atoms with E-state index >= 15 is 0 Å². The van der Waals surface area contributed by atoms with Gasteiger partial charge in [0.05, 0.1) is 6.20 Å². The Bertz CT molecular complexity index is 442. The average molecular weight is 261 g/mol. The molecule has 0 fully saturated rings. The molecule has 0 radical (unpaired) electrons.